The molecule has 2 N–H and O–H groups in total. The first-order valence-electron chi connectivity index (χ1n) is 6.67. The number of carboxylic acid groups (broad SMARTS) is 1. The first kappa shape index (κ1) is 16.2. The van der Waals surface area contributed by atoms with Crippen molar-refractivity contribution in [2.45, 2.75) is 33.6 Å². The normalized spacial score (nSPS) is 10.3. The fraction of sp³-hybridized carbons (Fsp3) is 0.467. The van der Waals surface area contributed by atoms with Crippen LogP contribution in [-0.2, 0) is 9.53 Å². The number of hydrogen-bond donors (Lipinski definition) is 2. The lowest BCUT2D eigenvalue weighted by Gasteiger charge is -2.11. The maximum atomic E-state index is 11.7. The molecular weight excluding hydrogens is 258 g/mol. The van der Waals surface area contributed by atoms with Gasteiger partial charge >= 0.3 is 5.97 Å². The number of nitrogens with one attached hydrogen (secondary N) is 1. The number of unbranched alkanes of at least 4 members (excludes halogenated alkanes) is 1. The SMILES string of the molecule is CCCCOCC(=O)Nc1cc(C(=O)O)c(C)cc1C. The molecule has 1 amide bonds. The fourth-order valence-electron chi connectivity index (χ4n) is 1.81. The molecule has 1 aromatic carbocycles. The zero-order valence-corrected chi connectivity index (χ0v) is 12.2. The van der Waals surface area contributed by atoms with E-state index in [0.717, 1.165) is 18.4 Å². The van der Waals surface area contributed by atoms with Gasteiger partial charge in [0.15, 0.2) is 0 Å². The highest BCUT2D eigenvalue weighted by atomic mass is 16.5. The summed E-state index contributed by atoms with van der Waals surface area (Å²) in [4.78, 5) is 22.8. The van der Waals surface area contributed by atoms with E-state index in [2.05, 4.69) is 5.32 Å². The lowest BCUT2D eigenvalue weighted by atomic mass is 10.0. The van der Waals surface area contributed by atoms with Gasteiger partial charge in [-0.15, -0.1) is 0 Å². The molecule has 0 bridgehead atoms. The zero-order valence-electron chi connectivity index (χ0n) is 12.2. The first-order chi connectivity index (χ1) is 9.45. The summed E-state index contributed by atoms with van der Waals surface area (Å²) in [6.45, 7) is 6.14. The minimum Gasteiger partial charge on any atom is -0.478 e. The number of aromatic carboxylic acids is 1. The van der Waals surface area contributed by atoms with Gasteiger partial charge in [-0.25, -0.2) is 4.79 Å². The van der Waals surface area contributed by atoms with Gasteiger partial charge in [-0.2, -0.15) is 0 Å². The molecule has 0 radical (unpaired) electrons. The Kier molecular flexibility index (Phi) is 6.18. The minimum atomic E-state index is -1.00. The van der Waals surface area contributed by atoms with Crippen LogP contribution >= 0.6 is 0 Å². The van der Waals surface area contributed by atoms with Gasteiger partial charge in [-0.05, 0) is 37.5 Å². The molecule has 1 rings (SSSR count). The molecule has 0 aliphatic carbocycles. The molecular formula is C15H21NO4. The summed E-state index contributed by atoms with van der Waals surface area (Å²) in [7, 11) is 0. The highest BCUT2D eigenvalue weighted by molar-refractivity contribution is 5.96. The molecule has 5 heteroatoms. The molecule has 0 saturated heterocycles. The predicted molar refractivity (Wildman–Crippen MR) is 77.2 cm³/mol. The third-order valence-corrected chi connectivity index (χ3v) is 2.95. The Balaban J connectivity index is 2.69. The van der Waals surface area contributed by atoms with Crippen molar-refractivity contribution < 1.29 is 19.4 Å². The van der Waals surface area contributed by atoms with Crippen LogP contribution in [0.25, 0.3) is 0 Å². The van der Waals surface area contributed by atoms with Gasteiger partial charge in [-0.1, -0.05) is 19.4 Å². The first-order valence-corrected chi connectivity index (χ1v) is 6.67. The largest absolute Gasteiger partial charge is 0.478 e. The second kappa shape index (κ2) is 7.65. The van der Waals surface area contributed by atoms with E-state index in [9.17, 15) is 9.59 Å². The van der Waals surface area contributed by atoms with Gasteiger partial charge in [0.05, 0.1) is 5.56 Å². The fourth-order valence-corrected chi connectivity index (χ4v) is 1.81. The summed E-state index contributed by atoms with van der Waals surface area (Å²) in [6, 6.07) is 3.23. The number of rotatable bonds is 7. The summed E-state index contributed by atoms with van der Waals surface area (Å²) in [6.07, 6.45) is 1.93. The van der Waals surface area contributed by atoms with E-state index in [-0.39, 0.29) is 18.1 Å². The van der Waals surface area contributed by atoms with Gasteiger partial charge in [0, 0.05) is 12.3 Å². The summed E-state index contributed by atoms with van der Waals surface area (Å²) >= 11 is 0. The predicted octanol–water partition coefficient (Wildman–Crippen LogP) is 2.76. The third-order valence-electron chi connectivity index (χ3n) is 2.95. The summed E-state index contributed by atoms with van der Waals surface area (Å²) in [5.41, 5.74) is 2.21. The van der Waals surface area contributed by atoms with E-state index in [1.807, 2.05) is 13.8 Å². The van der Waals surface area contributed by atoms with Crippen LogP contribution in [0.4, 0.5) is 5.69 Å². The summed E-state index contributed by atoms with van der Waals surface area (Å²) in [5, 5.41) is 11.8. The molecule has 0 unspecified atom stereocenters. The molecule has 1 aromatic rings. The molecule has 0 fully saturated rings. The highest BCUT2D eigenvalue weighted by Crippen LogP contribution is 2.20. The average molecular weight is 279 g/mol. The van der Waals surface area contributed by atoms with Crippen LogP contribution in [0.2, 0.25) is 0 Å². The monoisotopic (exact) mass is 279 g/mol. The van der Waals surface area contributed by atoms with Gasteiger partial charge < -0.3 is 15.2 Å². The van der Waals surface area contributed by atoms with Crippen LogP contribution in [0.15, 0.2) is 12.1 Å². The van der Waals surface area contributed by atoms with Crippen molar-refractivity contribution in [3.63, 3.8) is 0 Å². The number of anilines is 1. The van der Waals surface area contributed by atoms with Crippen LogP contribution < -0.4 is 5.32 Å². The maximum Gasteiger partial charge on any atom is 0.336 e. The van der Waals surface area contributed by atoms with Crippen molar-refractivity contribution in [1.82, 2.24) is 0 Å². The van der Waals surface area contributed by atoms with Crippen molar-refractivity contribution in [2.24, 2.45) is 0 Å². The van der Waals surface area contributed by atoms with Crippen molar-refractivity contribution in [3.8, 4) is 0 Å². The van der Waals surface area contributed by atoms with Crippen molar-refractivity contribution >= 4 is 17.6 Å². The standard InChI is InChI=1S/C15H21NO4/c1-4-5-6-20-9-14(17)16-13-8-12(15(18)19)10(2)7-11(13)3/h7-8H,4-6,9H2,1-3H3,(H,16,17)(H,18,19). The van der Waals surface area contributed by atoms with E-state index in [4.69, 9.17) is 9.84 Å². The number of amides is 1. The number of carbonyl (C=O) groups excluding carboxylic acids is 1. The number of aryl methyl sites for hydroxylation is 2. The topological polar surface area (TPSA) is 75.6 Å². The molecule has 20 heavy (non-hydrogen) atoms. The van der Waals surface area contributed by atoms with Crippen LogP contribution in [0.1, 0.15) is 41.3 Å². The van der Waals surface area contributed by atoms with Crippen molar-refractivity contribution in [1.29, 1.82) is 0 Å². The quantitative estimate of drug-likeness (QED) is 0.752. The van der Waals surface area contributed by atoms with Crippen LogP contribution in [0, 0.1) is 13.8 Å². The van der Waals surface area contributed by atoms with Crippen LogP contribution in [-0.4, -0.2) is 30.2 Å². The number of ether oxygens (including phenoxy) is 1. The molecule has 0 aliphatic rings. The zero-order chi connectivity index (χ0) is 15.1. The molecule has 110 valence electrons. The second-order valence-electron chi connectivity index (χ2n) is 4.74. The van der Waals surface area contributed by atoms with Gasteiger partial charge in [0.25, 0.3) is 0 Å². The van der Waals surface area contributed by atoms with E-state index in [1.54, 1.807) is 13.0 Å². The average Bonchev–Trinajstić information content (AvgIpc) is 2.37. The summed E-state index contributed by atoms with van der Waals surface area (Å²) in [5.74, 6) is -1.28. The molecule has 0 saturated carbocycles. The smallest absolute Gasteiger partial charge is 0.336 e. The van der Waals surface area contributed by atoms with Gasteiger partial charge in [-0.3, -0.25) is 4.79 Å². The van der Waals surface area contributed by atoms with E-state index < -0.39 is 5.97 Å². The second-order valence-corrected chi connectivity index (χ2v) is 4.74. The van der Waals surface area contributed by atoms with Gasteiger partial charge in [0.2, 0.25) is 5.91 Å². The Bertz CT molecular complexity index is 497. The number of carbonyl (C=O) groups is 2. The third kappa shape index (κ3) is 4.66. The van der Waals surface area contributed by atoms with E-state index in [0.29, 0.717) is 17.9 Å². The Morgan fingerprint density at radius 2 is 1.95 bits per heavy atom. The van der Waals surface area contributed by atoms with Gasteiger partial charge in [0.1, 0.15) is 6.61 Å². The molecule has 0 aliphatic heterocycles. The molecule has 5 nitrogen and oxygen atoms in total. The number of hydrogen-bond acceptors (Lipinski definition) is 3. The molecule has 0 heterocycles. The minimum absolute atomic E-state index is 0.0181. The summed E-state index contributed by atoms with van der Waals surface area (Å²) < 4.78 is 5.22. The highest BCUT2D eigenvalue weighted by Gasteiger charge is 2.12. The molecule has 0 spiro atoms. The maximum absolute atomic E-state index is 11.7. The molecule has 0 aromatic heterocycles. The number of benzene rings is 1. The van der Waals surface area contributed by atoms with Crippen molar-refractivity contribution in [2.75, 3.05) is 18.5 Å². The lowest BCUT2D eigenvalue weighted by molar-refractivity contribution is -0.120. The Hall–Kier alpha value is -1.88. The lowest BCUT2D eigenvalue weighted by Crippen LogP contribution is -2.19. The Morgan fingerprint density at radius 3 is 2.55 bits per heavy atom. The van der Waals surface area contributed by atoms with Crippen LogP contribution in [0.3, 0.4) is 0 Å². The Labute approximate surface area is 118 Å². The van der Waals surface area contributed by atoms with E-state index >= 15 is 0 Å². The van der Waals surface area contributed by atoms with Crippen LogP contribution in [0.5, 0.6) is 0 Å². The number of carboxylic acids is 1. The van der Waals surface area contributed by atoms with Crippen molar-refractivity contribution in [3.05, 3.63) is 28.8 Å². The van der Waals surface area contributed by atoms with E-state index in [1.165, 1.54) is 6.07 Å². The molecule has 0 atom stereocenters. The Morgan fingerprint density at radius 1 is 1.25 bits per heavy atom.